The summed E-state index contributed by atoms with van der Waals surface area (Å²) in [6.45, 7) is 3.78. The van der Waals surface area contributed by atoms with Gasteiger partial charge in [0.2, 0.25) is 0 Å². The van der Waals surface area contributed by atoms with Gasteiger partial charge >= 0.3 is 0 Å². The summed E-state index contributed by atoms with van der Waals surface area (Å²) in [5.74, 6) is 0.644. The van der Waals surface area contributed by atoms with E-state index in [9.17, 15) is 4.79 Å². The molecule has 0 aliphatic carbocycles. The summed E-state index contributed by atoms with van der Waals surface area (Å²) >= 11 is 0. The summed E-state index contributed by atoms with van der Waals surface area (Å²) in [5, 5.41) is 3.21. The highest BCUT2D eigenvalue weighted by Gasteiger charge is 2.17. The van der Waals surface area contributed by atoms with E-state index in [0.29, 0.717) is 24.0 Å². The first-order chi connectivity index (χ1) is 6.75. The second kappa shape index (κ2) is 3.89. The van der Waals surface area contributed by atoms with Crippen LogP contribution in [0.15, 0.2) is 11.0 Å². The highest BCUT2D eigenvalue weighted by Crippen LogP contribution is 2.00. The SMILES string of the molecule is Cc1ncc(CNC2COC2)c(=O)[nH]1. The molecule has 0 spiro atoms. The maximum absolute atomic E-state index is 11.4. The Bertz CT molecular complexity index is 371. The first kappa shape index (κ1) is 9.36. The van der Waals surface area contributed by atoms with Crippen molar-refractivity contribution in [3.63, 3.8) is 0 Å². The molecule has 2 heterocycles. The smallest absolute Gasteiger partial charge is 0.255 e. The molecule has 14 heavy (non-hydrogen) atoms. The van der Waals surface area contributed by atoms with Crippen molar-refractivity contribution in [3.8, 4) is 0 Å². The van der Waals surface area contributed by atoms with Gasteiger partial charge in [-0.1, -0.05) is 0 Å². The van der Waals surface area contributed by atoms with E-state index >= 15 is 0 Å². The molecule has 76 valence electrons. The number of aromatic nitrogens is 2. The number of nitrogens with zero attached hydrogens (tertiary/aromatic N) is 1. The van der Waals surface area contributed by atoms with E-state index in [1.807, 2.05) is 0 Å². The third kappa shape index (κ3) is 2.00. The van der Waals surface area contributed by atoms with Crippen LogP contribution in [0.25, 0.3) is 0 Å². The number of ether oxygens (including phenoxy) is 1. The Morgan fingerprint density at radius 3 is 3.07 bits per heavy atom. The van der Waals surface area contributed by atoms with Crippen LogP contribution in [0.1, 0.15) is 11.4 Å². The van der Waals surface area contributed by atoms with Crippen molar-refractivity contribution in [2.24, 2.45) is 0 Å². The van der Waals surface area contributed by atoms with E-state index in [1.165, 1.54) is 0 Å². The molecule has 0 aromatic carbocycles. The molecule has 1 aromatic rings. The van der Waals surface area contributed by atoms with E-state index in [-0.39, 0.29) is 5.56 Å². The average molecular weight is 195 g/mol. The fourth-order valence-corrected chi connectivity index (χ4v) is 1.24. The monoisotopic (exact) mass is 195 g/mol. The van der Waals surface area contributed by atoms with Gasteiger partial charge in [0, 0.05) is 18.3 Å². The van der Waals surface area contributed by atoms with Crippen LogP contribution in [0.4, 0.5) is 0 Å². The van der Waals surface area contributed by atoms with Crippen LogP contribution < -0.4 is 10.9 Å². The lowest BCUT2D eigenvalue weighted by Crippen LogP contribution is -2.46. The highest BCUT2D eigenvalue weighted by atomic mass is 16.5. The lowest BCUT2D eigenvalue weighted by Gasteiger charge is -2.26. The number of aromatic amines is 1. The number of H-pyrrole nitrogens is 1. The summed E-state index contributed by atoms with van der Waals surface area (Å²) in [6, 6.07) is 0.385. The Balaban J connectivity index is 1.98. The molecule has 0 amide bonds. The second-order valence-electron chi connectivity index (χ2n) is 3.44. The molecule has 1 aliphatic heterocycles. The molecule has 1 saturated heterocycles. The third-order valence-corrected chi connectivity index (χ3v) is 2.22. The summed E-state index contributed by atoms with van der Waals surface area (Å²) in [5.41, 5.74) is 0.604. The van der Waals surface area contributed by atoms with Gasteiger partial charge in [0.15, 0.2) is 0 Å². The number of aryl methyl sites for hydroxylation is 1. The Morgan fingerprint density at radius 1 is 1.71 bits per heavy atom. The molecule has 2 N–H and O–H groups in total. The van der Waals surface area contributed by atoms with Crippen LogP contribution in [0.3, 0.4) is 0 Å². The van der Waals surface area contributed by atoms with Gasteiger partial charge in [-0.05, 0) is 6.92 Å². The van der Waals surface area contributed by atoms with Crippen molar-refractivity contribution in [1.82, 2.24) is 15.3 Å². The molecule has 1 fully saturated rings. The Kier molecular flexibility index (Phi) is 2.60. The molecule has 5 heteroatoms. The largest absolute Gasteiger partial charge is 0.378 e. The lowest BCUT2D eigenvalue weighted by atomic mass is 10.2. The van der Waals surface area contributed by atoms with Crippen molar-refractivity contribution in [2.75, 3.05) is 13.2 Å². The number of hydrogen-bond acceptors (Lipinski definition) is 4. The Morgan fingerprint density at radius 2 is 2.50 bits per heavy atom. The predicted octanol–water partition coefficient (Wildman–Crippen LogP) is -0.433. The zero-order chi connectivity index (χ0) is 9.97. The average Bonchev–Trinajstić information content (AvgIpc) is 2.05. The minimum absolute atomic E-state index is 0.0646. The molecule has 0 bridgehead atoms. The van der Waals surface area contributed by atoms with E-state index < -0.39 is 0 Å². The van der Waals surface area contributed by atoms with Crippen LogP contribution in [0.5, 0.6) is 0 Å². The van der Waals surface area contributed by atoms with Crippen LogP contribution in [0, 0.1) is 6.92 Å². The zero-order valence-electron chi connectivity index (χ0n) is 8.04. The number of hydrogen-bond donors (Lipinski definition) is 2. The zero-order valence-corrected chi connectivity index (χ0v) is 8.04. The minimum Gasteiger partial charge on any atom is -0.378 e. The summed E-state index contributed by atoms with van der Waals surface area (Å²) < 4.78 is 5.01. The molecule has 1 aliphatic rings. The van der Waals surface area contributed by atoms with Gasteiger partial charge < -0.3 is 15.0 Å². The quantitative estimate of drug-likeness (QED) is 0.686. The standard InChI is InChI=1S/C9H13N3O2/c1-6-10-2-7(9(13)12-6)3-11-8-4-14-5-8/h2,8,11H,3-5H2,1H3,(H,10,12,13). The predicted molar refractivity (Wildman–Crippen MR) is 51.0 cm³/mol. The first-order valence-corrected chi connectivity index (χ1v) is 4.61. The van der Waals surface area contributed by atoms with Gasteiger partial charge in [0.1, 0.15) is 5.82 Å². The summed E-state index contributed by atoms with van der Waals surface area (Å²) in [4.78, 5) is 18.1. The maximum atomic E-state index is 11.4. The topological polar surface area (TPSA) is 67.0 Å². The van der Waals surface area contributed by atoms with Crippen molar-refractivity contribution in [1.29, 1.82) is 0 Å². The fourth-order valence-electron chi connectivity index (χ4n) is 1.24. The molecular weight excluding hydrogens is 182 g/mol. The molecule has 2 rings (SSSR count). The number of nitrogens with one attached hydrogen (secondary N) is 2. The summed E-state index contributed by atoms with van der Waals surface area (Å²) in [6.07, 6.45) is 1.61. The van der Waals surface area contributed by atoms with Crippen LogP contribution in [0.2, 0.25) is 0 Å². The van der Waals surface area contributed by atoms with Gasteiger partial charge in [-0.2, -0.15) is 0 Å². The fraction of sp³-hybridized carbons (Fsp3) is 0.556. The van der Waals surface area contributed by atoms with Crippen molar-refractivity contribution >= 4 is 0 Å². The summed E-state index contributed by atoms with van der Waals surface area (Å²) in [7, 11) is 0. The third-order valence-electron chi connectivity index (χ3n) is 2.22. The lowest BCUT2D eigenvalue weighted by molar-refractivity contribution is -0.00583. The van der Waals surface area contributed by atoms with Gasteiger partial charge in [0.05, 0.1) is 19.3 Å². The Hall–Kier alpha value is -1.20. The molecule has 1 aromatic heterocycles. The van der Waals surface area contributed by atoms with E-state index in [2.05, 4.69) is 15.3 Å². The number of rotatable bonds is 3. The van der Waals surface area contributed by atoms with Crippen LogP contribution in [-0.4, -0.2) is 29.2 Å². The second-order valence-corrected chi connectivity index (χ2v) is 3.44. The molecule has 0 unspecified atom stereocenters. The van der Waals surface area contributed by atoms with Gasteiger partial charge in [0.25, 0.3) is 5.56 Å². The normalized spacial score (nSPS) is 16.6. The van der Waals surface area contributed by atoms with Crippen molar-refractivity contribution in [2.45, 2.75) is 19.5 Å². The first-order valence-electron chi connectivity index (χ1n) is 4.61. The van der Waals surface area contributed by atoms with Crippen molar-refractivity contribution < 1.29 is 4.74 Å². The van der Waals surface area contributed by atoms with E-state index in [4.69, 9.17) is 4.74 Å². The van der Waals surface area contributed by atoms with Crippen LogP contribution >= 0.6 is 0 Å². The van der Waals surface area contributed by atoms with E-state index in [0.717, 1.165) is 13.2 Å². The molecule has 0 radical (unpaired) electrons. The van der Waals surface area contributed by atoms with Gasteiger partial charge in [-0.3, -0.25) is 4.79 Å². The maximum Gasteiger partial charge on any atom is 0.255 e. The molecular formula is C9H13N3O2. The molecule has 0 saturated carbocycles. The Labute approximate surface area is 81.5 Å². The van der Waals surface area contributed by atoms with Gasteiger partial charge in [-0.25, -0.2) is 4.98 Å². The minimum atomic E-state index is -0.0646. The molecule has 5 nitrogen and oxygen atoms in total. The van der Waals surface area contributed by atoms with Crippen LogP contribution in [-0.2, 0) is 11.3 Å². The van der Waals surface area contributed by atoms with Gasteiger partial charge in [-0.15, -0.1) is 0 Å². The van der Waals surface area contributed by atoms with Crippen molar-refractivity contribution in [3.05, 3.63) is 27.9 Å². The molecule has 0 atom stereocenters. The highest BCUT2D eigenvalue weighted by molar-refractivity contribution is 5.05. The van der Waals surface area contributed by atoms with E-state index in [1.54, 1.807) is 13.1 Å².